The number of nitrogens with zero attached hydrogens (tertiary/aromatic N) is 2. The van der Waals surface area contributed by atoms with Gasteiger partial charge in [0.25, 0.3) is 0 Å². The van der Waals surface area contributed by atoms with E-state index in [-0.39, 0.29) is 5.91 Å². The van der Waals surface area contributed by atoms with E-state index in [1.54, 1.807) is 0 Å². The number of aromatic nitrogens is 1. The van der Waals surface area contributed by atoms with E-state index in [2.05, 4.69) is 53.6 Å². The van der Waals surface area contributed by atoms with Gasteiger partial charge in [0.05, 0.1) is 0 Å². The fourth-order valence-electron chi connectivity index (χ4n) is 5.26. The molecule has 7 heteroatoms. The number of para-hydroxylation sites is 1. The number of H-pyrrole nitrogens is 1. The van der Waals surface area contributed by atoms with Crippen molar-refractivity contribution in [3.05, 3.63) is 94.6 Å². The number of benzene rings is 3. The minimum atomic E-state index is 0.184. The summed E-state index contributed by atoms with van der Waals surface area (Å²) >= 11 is 6.08. The maximum absolute atomic E-state index is 12.8. The molecule has 1 saturated heterocycles. The summed E-state index contributed by atoms with van der Waals surface area (Å²) in [6.07, 6.45) is 7.91. The molecule has 3 heterocycles. The van der Waals surface area contributed by atoms with Crippen molar-refractivity contribution in [2.45, 2.75) is 51.6 Å². The number of carbonyl (C=O) groups is 1. The average molecular weight is 589 g/mol. The number of ether oxygens (including phenoxy) is 1. The smallest absolute Gasteiger partial charge is 0.227 e. The molecule has 2 aliphatic rings. The summed E-state index contributed by atoms with van der Waals surface area (Å²) in [5.74, 6) is 1.19. The molecule has 3 aromatic carbocycles. The molecule has 6 nitrogen and oxygen atoms in total. The van der Waals surface area contributed by atoms with Crippen molar-refractivity contribution in [2.75, 3.05) is 45.7 Å². The summed E-state index contributed by atoms with van der Waals surface area (Å²) in [5.41, 5.74) is 5.80. The quantitative estimate of drug-likeness (QED) is 0.263. The molecule has 42 heavy (non-hydrogen) atoms. The van der Waals surface area contributed by atoms with Crippen molar-refractivity contribution in [2.24, 2.45) is 0 Å². The Hall–Kier alpha value is -3.32. The van der Waals surface area contributed by atoms with Gasteiger partial charge in [0.15, 0.2) is 0 Å². The molecule has 2 aliphatic heterocycles. The Morgan fingerprint density at radius 3 is 2.48 bits per heavy atom. The first-order chi connectivity index (χ1) is 20.3. The number of nitrogens with one attached hydrogen (secondary N) is 2. The summed E-state index contributed by atoms with van der Waals surface area (Å²) < 4.78 is 5.87. The fourth-order valence-corrected chi connectivity index (χ4v) is 5.46. The summed E-state index contributed by atoms with van der Waals surface area (Å²) in [4.78, 5) is 20.0. The van der Waals surface area contributed by atoms with Crippen LogP contribution in [0.4, 0.5) is 5.69 Å². The van der Waals surface area contributed by atoms with Gasteiger partial charge in [-0.1, -0.05) is 47.5 Å². The zero-order chi connectivity index (χ0) is 29.9. The zero-order valence-electron chi connectivity index (χ0n) is 25.5. The molecule has 1 fully saturated rings. The minimum Gasteiger partial charge on any atom is -0.490 e. The second kappa shape index (κ2) is 15.8. The molecule has 0 radical (unpaired) electrons. The van der Waals surface area contributed by atoms with Crippen LogP contribution in [0.1, 0.15) is 42.4 Å². The van der Waals surface area contributed by atoms with Crippen molar-refractivity contribution >= 4 is 34.1 Å². The SMILES string of the molecule is CN(C)C.Cc1ccc(OC2CCNCC2)cc1.O=C(CCc1c[nH]c2ccccc12)N1CCCc2cc(Cl)ccc21. The molecule has 4 aromatic rings. The Balaban J connectivity index is 0.000000190. The van der Waals surface area contributed by atoms with Crippen molar-refractivity contribution < 1.29 is 9.53 Å². The number of carbonyl (C=O) groups excluding carboxylic acids is 1. The Labute approximate surface area is 256 Å². The Kier molecular flexibility index (Phi) is 11.9. The Morgan fingerprint density at radius 2 is 1.74 bits per heavy atom. The van der Waals surface area contributed by atoms with E-state index in [9.17, 15) is 4.79 Å². The van der Waals surface area contributed by atoms with E-state index in [4.69, 9.17) is 16.3 Å². The molecule has 0 atom stereocenters. The molecule has 0 bridgehead atoms. The average Bonchev–Trinajstić information content (AvgIpc) is 3.40. The van der Waals surface area contributed by atoms with Gasteiger partial charge in [-0.15, -0.1) is 0 Å². The number of hydrogen-bond acceptors (Lipinski definition) is 4. The lowest BCUT2D eigenvalue weighted by Crippen LogP contribution is -2.35. The topological polar surface area (TPSA) is 60.6 Å². The normalized spacial score (nSPS) is 14.9. The van der Waals surface area contributed by atoms with Gasteiger partial charge >= 0.3 is 0 Å². The molecule has 1 aromatic heterocycles. The van der Waals surface area contributed by atoms with Gasteiger partial charge in [-0.25, -0.2) is 0 Å². The first kappa shape index (κ1) is 31.6. The number of rotatable bonds is 5. The molecule has 2 N–H and O–H groups in total. The highest BCUT2D eigenvalue weighted by Gasteiger charge is 2.22. The third-order valence-electron chi connectivity index (χ3n) is 7.35. The van der Waals surface area contributed by atoms with E-state index in [1.807, 2.05) is 67.5 Å². The second-order valence-electron chi connectivity index (χ2n) is 11.5. The second-order valence-corrected chi connectivity index (χ2v) is 11.9. The molecule has 1 amide bonds. The van der Waals surface area contributed by atoms with Crippen LogP contribution >= 0.6 is 11.6 Å². The predicted octanol–water partition coefficient (Wildman–Crippen LogP) is 7.04. The highest BCUT2D eigenvalue weighted by Crippen LogP contribution is 2.30. The molecular weight excluding hydrogens is 544 g/mol. The number of anilines is 1. The summed E-state index contributed by atoms with van der Waals surface area (Å²) in [5, 5.41) is 5.27. The lowest BCUT2D eigenvalue weighted by Gasteiger charge is -2.29. The zero-order valence-corrected chi connectivity index (χ0v) is 26.2. The van der Waals surface area contributed by atoms with Crippen LogP contribution in [0, 0.1) is 6.92 Å². The fraction of sp³-hybridized carbons (Fsp3) is 0.400. The van der Waals surface area contributed by atoms with Crippen LogP contribution in [-0.2, 0) is 17.6 Å². The van der Waals surface area contributed by atoms with E-state index in [0.29, 0.717) is 12.5 Å². The number of halogens is 1. The van der Waals surface area contributed by atoms with E-state index in [0.717, 1.165) is 73.7 Å². The van der Waals surface area contributed by atoms with Crippen molar-refractivity contribution in [3.63, 3.8) is 0 Å². The predicted molar refractivity (Wildman–Crippen MR) is 176 cm³/mol. The summed E-state index contributed by atoms with van der Waals surface area (Å²) in [6, 6.07) is 22.3. The number of hydrogen-bond donors (Lipinski definition) is 2. The van der Waals surface area contributed by atoms with Gasteiger partial charge in [0, 0.05) is 40.8 Å². The Bertz CT molecular complexity index is 1410. The summed E-state index contributed by atoms with van der Waals surface area (Å²) in [7, 11) is 6.00. The largest absolute Gasteiger partial charge is 0.490 e. The number of aryl methyl sites for hydroxylation is 3. The maximum Gasteiger partial charge on any atom is 0.227 e. The monoisotopic (exact) mass is 588 g/mol. The Morgan fingerprint density at radius 1 is 1.02 bits per heavy atom. The highest BCUT2D eigenvalue weighted by molar-refractivity contribution is 6.30. The highest BCUT2D eigenvalue weighted by atomic mass is 35.5. The van der Waals surface area contributed by atoms with Crippen LogP contribution in [0.25, 0.3) is 10.9 Å². The van der Waals surface area contributed by atoms with Crippen LogP contribution in [0.15, 0.2) is 72.9 Å². The van der Waals surface area contributed by atoms with Crippen molar-refractivity contribution in [1.82, 2.24) is 15.2 Å². The van der Waals surface area contributed by atoms with E-state index in [1.165, 1.54) is 22.1 Å². The van der Waals surface area contributed by atoms with Gasteiger partial charge in [-0.3, -0.25) is 4.79 Å². The molecule has 0 aliphatic carbocycles. The number of fused-ring (bicyclic) bond motifs is 2. The van der Waals surface area contributed by atoms with Gasteiger partial charge in [-0.05, 0) is 121 Å². The minimum absolute atomic E-state index is 0.184. The summed E-state index contributed by atoms with van der Waals surface area (Å²) in [6.45, 7) is 5.04. The number of piperidine rings is 1. The lowest BCUT2D eigenvalue weighted by molar-refractivity contribution is -0.118. The maximum atomic E-state index is 12.8. The van der Waals surface area contributed by atoms with Crippen LogP contribution in [-0.4, -0.2) is 62.7 Å². The first-order valence-corrected chi connectivity index (χ1v) is 15.4. The van der Waals surface area contributed by atoms with Crippen LogP contribution in [0.2, 0.25) is 5.02 Å². The van der Waals surface area contributed by atoms with Crippen LogP contribution in [0.3, 0.4) is 0 Å². The molecule has 0 spiro atoms. The van der Waals surface area contributed by atoms with Crippen LogP contribution in [0.5, 0.6) is 5.75 Å². The van der Waals surface area contributed by atoms with E-state index >= 15 is 0 Å². The molecular formula is C35H45ClN4O2. The van der Waals surface area contributed by atoms with Crippen molar-refractivity contribution in [1.29, 1.82) is 0 Å². The molecule has 0 saturated carbocycles. The van der Waals surface area contributed by atoms with Crippen molar-refractivity contribution in [3.8, 4) is 5.75 Å². The molecule has 224 valence electrons. The number of aromatic amines is 1. The third kappa shape index (κ3) is 9.35. The standard InChI is InChI=1S/C20H19ClN2O.C12H17NO.C3H9N/c21-16-8-9-19-14(12-16)4-3-11-23(19)20(24)10-7-15-13-22-18-6-2-1-5-17(15)18;1-10-2-4-11(5-3-10)14-12-6-8-13-9-7-12;1-4(2)3/h1-2,5-6,8-9,12-13,22H,3-4,7,10-11H2;2-5,12-13H,6-9H2,1H3;1-3H3. The first-order valence-electron chi connectivity index (χ1n) is 15.0. The lowest BCUT2D eigenvalue weighted by atomic mass is 10.0. The van der Waals surface area contributed by atoms with Gasteiger partial charge in [0.2, 0.25) is 5.91 Å². The van der Waals surface area contributed by atoms with Gasteiger partial charge < -0.3 is 24.8 Å². The van der Waals surface area contributed by atoms with E-state index < -0.39 is 0 Å². The van der Waals surface area contributed by atoms with Crippen LogP contribution < -0.4 is 15.0 Å². The third-order valence-corrected chi connectivity index (χ3v) is 7.59. The number of amides is 1. The molecule has 0 unspecified atom stereocenters. The molecule has 6 rings (SSSR count). The van der Waals surface area contributed by atoms with Gasteiger partial charge in [-0.2, -0.15) is 0 Å². The van der Waals surface area contributed by atoms with Gasteiger partial charge in [0.1, 0.15) is 11.9 Å².